The van der Waals surface area contributed by atoms with E-state index < -0.39 is 0 Å². The molecule has 2 heteroatoms. The number of hydrogen-bond donors (Lipinski definition) is 2. The van der Waals surface area contributed by atoms with Crippen molar-refractivity contribution in [3.63, 3.8) is 0 Å². The third-order valence-electron chi connectivity index (χ3n) is 3.81. The highest BCUT2D eigenvalue weighted by Crippen LogP contribution is 2.26. The van der Waals surface area contributed by atoms with E-state index in [1.807, 2.05) is 0 Å². The van der Waals surface area contributed by atoms with E-state index >= 15 is 0 Å². The minimum absolute atomic E-state index is 0.727. The molecule has 2 aliphatic rings. The van der Waals surface area contributed by atoms with E-state index in [1.54, 1.807) is 0 Å². The molecule has 0 amide bonds. The Morgan fingerprint density at radius 3 is 2.64 bits per heavy atom. The predicted octanol–water partition coefficient (Wildman–Crippen LogP) is 1.76. The molecule has 82 valence electrons. The highest BCUT2D eigenvalue weighted by molar-refractivity contribution is 4.88. The second kappa shape index (κ2) is 4.63. The average molecular weight is 196 g/mol. The van der Waals surface area contributed by atoms with Gasteiger partial charge in [0, 0.05) is 12.1 Å². The summed E-state index contributed by atoms with van der Waals surface area (Å²) in [5.41, 5.74) is 0. The van der Waals surface area contributed by atoms with Crippen LogP contribution in [0.25, 0.3) is 0 Å². The van der Waals surface area contributed by atoms with Crippen molar-refractivity contribution in [1.82, 2.24) is 10.6 Å². The van der Waals surface area contributed by atoms with Crippen molar-refractivity contribution in [3.05, 3.63) is 0 Å². The third kappa shape index (κ3) is 2.48. The predicted molar refractivity (Wildman–Crippen MR) is 60.4 cm³/mol. The summed E-state index contributed by atoms with van der Waals surface area (Å²) in [5.74, 6) is 1.80. The van der Waals surface area contributed by atoms with Gasteiger partial charge in [-0.2, -0.15) is 0 Å². The molecule has 14 heavy (non-hydrogen) atoms. The van der Waals surface area contributed by atoms with Crippen LogP contribution in [0.4, 0.5) is 0 Å². The molecule has 2 aliphatic heterocycles. The lowest BCUT2D eigenvalue weighted by molar-refractivity contribution is 0.185. The first-order valence-corrected chi connectivity index (χ1v) is 6.22. The van der Waals surface area contributed by atoms with Crippen LogP contribution in [0.1, 0.15) is 39.5 Å². The molecule has 0 aromatic carbocycles. The van der Waals surface area contributed by atoms with Crippen molar-refractivity contribution >= 4 is 0 Å². The van der Waals surface area contributed by atoms with E-state index in [4.69, 9.17) is 0 Å². The first-order chi connectivity index (χ1) is 6.75. The number of nitrogens with one attached hydrogen (secondary N) is 2. The Morgan fingerprint density at radius 2 is 2.00 bits per heavy atom. The van der Waals surface area contributed by atoms with Gasteiger partial charge in [-0.15, -0.1) is 0 Å². The first kappa shape index (κ1) is 10.4. The Bertz CT molecular complexity index is 165. The SMILES string of the molecule is CC1CC(C)NC(C2CCCNC2)C1. The van der Waals surface area contributed by atoms with Gasteiger partial charge >= 0.3 is 0 Å². The summed E-state index contributed by atoms with van der Waals surface area (Å²) >= 11 is 0. The molecule has 2 N–H and O–H groups in total. The molecule has 2 fully saturated rings. The Hall–Kier alpha value is -0.0800. The van der Waals surface area contributed by atoms with E-state index in [9.17, 15) is 0 Å². The summed E-state index contributed by atoms with van der Waals surface area (Å²) in [6, 6.07) is 1.51. The zero-order valence-corrected chi connectivity index (χ0v) is 9.55. The van der Waals surface area contributed by atoms with Crippen LogP contribution in [0.2, 0.25) is 0 Å². The lowest BCUT2D eigenvalue weighted by atomic mass is 9.81. The molecule has 2 heterocycles. The van der Waals surface area contributed by atoms with Gasteiger partial charge in [-0.05, 0) is 57.5 Å². The maximum Gasteiger partial charge on any atom is 0.0112 e. The summed E-state index contributed by atoms with van der Waals surface area (Å²) in [6.45, 7) is 7.20. The van der Waals surface area contributed by atoms with Crippen LogP contribution in [0.3, 0.4) is 0 Å². The number of piperidine rings is 2. The minimum Gasteiger partial charge on any atom is -0.316 e. The van der Waals surface area contributed by atoms with E-state index in [2.05, 4.69) is 24.5 Å². The number of hydrogen-bond acceptors (Lipinski definition) is 2. The van der Waals surface area contributed by atoms with Crippen molar-refractivity contribution in [1.29, 1.82) is 0 Å². The Labute approximate surface area is 87.8 Å². The molecular weight excluding hydrogens is 172 g/mol. The monoisotopic (exact) mass is 196 g/mol. The molecule has 4 atom stereocenters. The fourth-order valence-electron chi connectivity index (χ4n) is 3.19. The minimum atomic E-state index is 0.727. The van der Waals surface area contributed by atoms with Crippen LogP contribution in [0.15, 0.2) is 0 Å². The maximum absolute atomic E-state index is 3.78. The van der Waals surface area contributed by atoms with E-state index in [-0.39, 0.29) is 0 Å². The van der Waals surface area contributed by atoms with Crippen molar-refractivity contribution in [2.24, 2.45) is 11.8 Å². The van der Waals surface area contributed by atoms with Gasteiger partial charge in [-0.3, -0.25) is 0 Å². The summed E-state index contributed by atoms with van der Waals surface area (Å²) < 4.78 is 0. The summed E-state index contributed by atoms with van der Waals surface area (Å²) in [5, 5.41) is 7.30. The van der Waals surface area contributed by atoms with Crippen LogP contribution < -0.4 is 10.6 Å². The van der Waals surface area contributed by atoms with E-state index in [0.29, 0.717) is 0 Å². The van der Waals surface area contributed by atoms with Crippen LogP contribution in [0, 0.1) is 11.8 Å². The lowest BCUT2D eigenvalue weighted by Crippen LogP contribution is -2.51. The van der Waals surface area contributed by atoms with Gasteiger partial charge in [0.1, 0.15) is 0 Å². The molecule has 2 saturated heterocycles. The molecule has 2 rings (SSSR count). The number of rotatable bonds is 1. The molecule has 0 bridgehead atoms. The van der Waals surface area contributed by atoms with Gasteiger partial charge < -0.3 is 10.6 Å². The standard InChI is InChI=1S/C12H24N2/c1-9-6-10(2)14-12(7-9)11-4-3-5-13-8-11/h9-14H,3-8H2,1-2H3. The van der Waals surface area contributed by atoms with Gasteiger partial charge in [0.05, 0.1) is 0 Å². The van der Waals surface area contributed by atoms with Crippen LogP contribution in [0.5, 0.6) is 0 Å². The quantitative estimate of drug-likeness (QED) is 0.668. The molecule has 4 unspecified atom stereocenters. The van der Waals surface area contributed by atoms with Crippen molar-refractivity contribution in [3.8, 4) is 0 Å². The second-order valence-electron chi connectivity index (χ2n) is 5.36. The zero-order chi connectivity index (χ0) is 9.97. The van der Waals surface area contributed by atoms with Gasteiger partial charge in [-0.1, -0.05) is 6.92 Å². The molecular formula is C12H24N2. The van der Waals surface area contributed by atoms with Gasteiger partial charge in [0.15, 0.2) is 0 Å². The van der Waals surface area contributed by atoms with Gasteiger partial charge in [-0.25, -0.2) is 0 Å². The van der Waals surface area contributed by atoms with Crippen molar-refractivity contribution in [2.45, 2.75) is 51.6 Å². The fourth-order valence-corrected chi connectivity index (χ4v) is 3.19. The topological polar surface area (TPSA) is 24.1 Å². The first-order valence-electron chi connectivity index (χ1n) is 6.22. The lowest BCUT2D eigenvalue weighted by Gasteiger charge is -2.39. The Kier molecular flexibility index (Phi) is 3.45. The smallest absolute Gasteiger partial charge is 0.0112 e. The van der Waals surface area contributed by atoms with Crippen LogP contribution >= 0.6 is 0 Å². The van der Waals surface area contributed by atoms with Crippen molar-refractivity contribution < 1.29 is 0 Å². The Morgan fingerprint density at radius 1 is 1.14 bits per heavy atom. The summed E-state index contributed by atoms with van der Waals surface area (Å²) in [6.07, 6.45) is 5.53. The third-order valence-corrected chi connectivity index (χ3v) is 3.81. The molecule has 0 aromatic heterocycles. The van der Waals surface area contributed by atoms with Crippen molar-refractivity contribution in [2.75, 3.05) is 13.1 Å². The van der Waals surface area contributed by atoms with Gasteiger partial charge in [0.25, 0.3) is 0 Å². The van der Waals surface area contributed by atoms with E-state index in [1.165, 1.54) is 38.8 Å². The largest absolute Gasteiger partial charge is 0.316 e. The highest BCUT2D eigenvalue weighted by atomic mass is 15.0. The summed E-state index contributed by atoms with van der Waals surface area (Å²) in [7, 11) is 0. The molecule has 0 aliphatic carbocycles. The normalized spacial score (nSPS) is 45.0. The second-order valence-corrected chi connectivity index (χ2v) is 5.36. The van der Waals surface area contributed by atoms with E-state index in [0.717, 1.165) is 23.9 Å². The zero-order valence-electron chi connectivity index (χ0n) is 9.55. The summed E-state index contributed by atoms with van der Waals surface area (Å²) in [4.78, 5) is 0. The molecule has 0 saturated carbocycles. The average Bonchev–Trinajstić information content (AvgIpc) is 2.18. The molecule has 2 nitrogen and oxygen atoms in total. The Balaban J connectivity index is 1.88. The van der Waals surface area contributed by atoms with Crippen LogP contribution in [-0.2, 0) is 0 Å². The van der Waals surface area contributed by atoms with Crippen LogP contribution in [-0.4, -0.2) is 25.2 Å². The molecule has 0 spiro atoms. The molecule has 0 aromatic rings. The molecule has 0 radical (unpaired) electrons. The van der Waals surface area contributed by atoms with Gasteiger partial charge in [0.2, 0.25) is 0 Å². The maximum atomic E-state index is 3.78. The fraction of sp³-hybridized carbons (Fsp3) is 1.00. The highest BCUT2D eigenvalue weighted by Gasteiger charge is 2.29.